The first-order valence-electron chi connectivity index (χ1n) is 6.77. The molecule has 0 radical (unpaired) electrons. The Morgan fingerprint density at radius 3 is 2.07 bits per heavy atom. The first kappa shape index (κ1) is 13.0. The quantitative estimate of drug-likeness (QED) is 0.725. The summed E-state index contributed by atoms with van der Waals surface area (Å²) in [5.41, 5.74) is 0.622. The third-order valence-electron chi connectivity index (χ3n) is 3.64. The molecule has 1 N–H and O–H groups in total. The van der Waals surface area contributed by atoms with Crippen molar-refractivity contribution in [1.82, 2.24) is 5.32 Å². The SMILES string of the molecule is CC(C)CC1(CNC(C)C)CCCCC1. The Bertz CT molecular complexity index is 166. The Morgan fingerprint density at radius 2 is 1.60 bits per heavy atom. The normalized spacial score (nSPS) is 21.2. The summed E-state index contributed by atoms with van der Waals surface area (Å²) in [6.45, 7) is 10.5. The summed E-state index contributed by atoms with van der Waals surface area (Å²) in [6.07, 6.45) is 8.67. The zero-order valence-electron chi connectivity index (χ0n) is 11.1. The Kier molecular flexibility index (Phi) is 5.11. The van der Waals surface area contributed by atoms with Crippen molar-refractivity contribution in [3.05, 3.63) is 0 Å². The van der Waals surface area contributed by atoms with Gasteiger partial charge in [-0.3, -0.25) is 0 Å². The van der Waals surface area contributed by atoms with Gasteiger partial charge in [0.05, 0.1) is 0 Å². The number of rotatable bonds is 5. The third-order valence-corrected chi connectivity index (χ3v) is 3.64. The van der Waals surface area contributed by atoms with E-state index in [1.165, 1.54) is 45.1 Å². The standard InChI is InChI=1S/C14H29N/c1-12(2)10-14(11-15-13(3)4)8-6-5-7-9-14/h12-13,15H,5-11H2,1-4H3. The van der Waals surface area contributed by atoms with Crippen LogP contribution >= 0.6 is 0 Å². The highest BCUT2D eigenvalue weighted by molar-refractivity contribution is 4.86. The maximum absolute atomic E-state index is 3.66. The minimum atomic E-state index is 0.622. The monoisotopic (exact) mass is 211 g/mol. The highest BCUT2D eigenvalue weighted by Gasteiger charge is 2.32. The predicted molar refractivity (Wildman–Crippen MR) is 68.1 cm³/mol. The van der Waals surface area contributed by atoms with Crippen molar-refractivity contribution in [3.8, 4) is 0 Å². The summed E-state index contributed by atoms with van der Waals surface area (Å²) in [7, 11) is 0. The zero-order valence-corrected chi connectivity index (χ0v) is 11.1. The molecule has 15 heavy (non-hydrogen) atoms. The summed E-state index contributed by atoms with van der Waals surface area (Å²) in [5, 5.41) is 3.66. The molecular formula is C14H29N. The summed E-state index contributed by atoms with van der Waals surface area (Å²) < 4.78 is 0. The van der Waals surface area contributed by atoms with Crippen LogP contribution in [0.1, 0.15) is 66.2 Å². The molecule has 90 valence electrons. The van der Waals surface area contributed by atoms with Crippen LogP contribution in [0.5, 0.6) is 0 Å². The second-order valence-corrected chi connectivity index (χ2v) is 6.19. The first-order chi connectivity index (χ1) is 7.04. The van der Waals surface area contributed by atoms with Crippen LogP contribution in [0, 0.1) is 11.3 Å². The van der Waals surface area contributed by atoms with E-state index in [4.69, 9.17) is 0 Å². The van der Waals surface area contributed by atoms with Gasteiger partial charge in [-0.25, -0.2) is 0 Å². The second-order valence-electron chi connectivity index (χ2n) is 6.19. The minimum absolute atomic E-state index is 0.622. The molecule has 1 rings (SSSR count). The van der Waals surface area contributed by atoms with Crippen LogP contribution in [-0.4, -0.2) is 12.6 Å². The second kappa shape index (κ2) is 5.89. The van der Waals surface area contributed by atoms with Crippen LogP contribution in [0.2, 0.25) is 0 Å². The fourth-order valence-corrected chi connectivity index (χ4v) is 3.04. The molecule has 0 spiro atoms. The van der Waals surface area contributed by atoms with Crippen molar-refractivity contribution in [2.24, 2.45) is 11.3 Å². The molecular weight excluding hydrogens is 182 g/mol. The van der Waals surface area contributed by atoms with Crippen molar-refractivity contribution < 1.29 is 0 Å². The van der Waals surface area contributed by atoms with Crippen molar-refractivity contribution in [1.29, 1.82) is 0 Å². The van der Waals surface area contributed by atoms with E-state index in [2.05, 4.69) is 33.0 Å². The average molecular weight is 211 g/mol. The molecule has 0 aromatic rings. The largest absolute Gasteiger partial charge is 0.314 e. The van der Waals surface area contributed by atoms with E-state index in [0.29, 0.717) is 11.5 Å². The summed E-state index contributed by atoms with van der Waals surface area (Å²) in [6, 6.07) is 0.635. The summed E-state index contributed by atoms with van der Waals surface area (Å²) in [5.74, 6) is 0.845. The van der Waals surface area contributed by atoms with Crippen LogP contribution in [0.15, 0.2) is 0 Å². The van der Waals surface area contributed by atoms with Crippen LogP contribution < -0.4 is 5.32 Å². The first-order valence-corrected chi connectivity index (χ1v) is 6.77. The summed E-state index contributed by atoms with van der Waals surface area (Å²) >= 11 is 0. The van der Waals surface area contributed by atoms with E-state index in [-0.39, 0.29) is 0 Å². The van der Waals surface area contributed by atoms with Crippen molar-refractivity contribution in [3.63, 3.8) is 0 Å². The lowest BCUT2D eigenvalue weighted by atomic mass is 9.69. The fraction of sp³-hybridized carbons (Fsp3) is 1.00. The highest BCUT2D eigenvalue weighted by atomic mass is 14.9. The topological polar surface area (TPSA) is 12.0 Å². The predicted octanol–water partition coefficient (Wildman–Crippen LogP) is 3.98. The van der Waals surface area contributed by atoms with Gasteiger partial charge in [0.2, 0.25) is 0 Å². The lowest BCUT2D eigenvalue weighted by Gasteiger charge is -2.39. The number of hydrogen-bond donors (Lipinski definition) is 1. The van der Waals surface area contributed by atoms with Gasteiger partial charge in [0, 0.05) is 12.6 Å². The average Bonchev–Trinajstić information content (AvgIpc) is 2.15. The maximum atomic E-state index is 3.66. The van der Waals surface area contributed by atoms with E-state index >= 15 is 0 Å². The molecule has 0 aromatic heterocycles. The zero-order chi connectivity index (χ0) is 11.3. The van der Waals surface area contributed by atoms with Crippen molar-refractivity contribution in [2.45, 2.75) is 72.3 Å². The molecule has 0 bridgehead atoms. The van der Waals surface area contributed by atoms with Crippen LogP contribution in [0.3, 0.4) is 0 Å². The molecule has 1 saturated carbocycles. The Balaban J connectivity index is 2.50. The Hall–Kier alpha value is -0.0400. The van der Waals surface area contributed by atoms with Crippen LogP contribution in [0.25, 0.3) is 0 Å². The van der Waals surface area contributed by atoms with E-state index in [1.807, 2.05) is 0 Å². The van der Waals surface area contributed by atoms with E-state index in [9.17, 15) is 0 Å². The maximum Gasteiger partial charge on any atom is 0.00106 e. The van der Waals surface area contributed by atoms with Gasteiger partial charge < -0.3 is 5.32 Å². The lowest BCUT2D eigenvalue weighted by molar-refractivity contribution is 0.142. The molecule has 0 amide bonds. The Labute approximate surface area is 96.0 Å². The van der Waals surface area contributed by atoms with Gasteiger partial charge in [-0.15, -0.1) is 0 Å². The molecule has 1 nitrogen and oxygen atoms in total. The smallest absolute Gasteiger partial charge is 0.00106 e. The van der Waals surface area contributed by atoms with Crippen molar-refractivity contribution in [2.75, 3.05) is 6.54 Å². The van der Waals surface area contributed by atoms with Gasteiger partial charge in [0.1, 0.15) is 0 Å². The molecule has 0 heterocycles. The molecule has 0 aromatic carbocycles. The van der Waals surface area contributed by atoms with Gasteiger partial charge in [-0.05, 0) is 30.6 Å². The number of nitrogens with one attached hydrogen (secondary N) is 1. The van der Waals surface area contributed by atoms with Gasteiger partial charge >= 0.3 is 0 Å². The molecule has 1 aliphatic rings. The molecule has 0 aliphatic heterocycles. The van der Waals surface area contributed by atoms with Crippen LogP contribution in [0.4, 0.5) is 0 Å². The van der Waals surface area contributed by atoms with E-state index < -0.39 is 0 Å². The van der Waals surface area contributed by atoms with Gasteiger partial charge in [0.25, 0.3) is 0 Å². The molecule has 1 heteroatoms. The van der Waals surface area contributed by atoms with Crippen LogP contribution in [-0.2, 0) is 0 Å². The van der Waals surface area contributed by atoms with E-state index in [0.717, 1.165) is 5.92 Å². The lowest BCUT2D eigenvalue weighted by Crippen LogP contribution is -2.39. The van der Waals surface area contributed by atoms with E-state index in [1.54, 1.807) is 0 Å². The Morgan fingerprint density at radius 1 is 1.00 bits per heavy atom. The van der Waals surface area contributed by atoms with Gasteiger partial charge in [-0.2, -0.15) is 0 Å². The minimum Gasteiger partial charge on any atom is -0.314 e. The van der Waals surface area contributed by atoms with Gasteiger partial charge in [-0.1, -0.05) is 47.0 Å². The van der Waals surface area contributed by atoms with Crippen molar-refractivity contribution >= 4 is 0 Å². The molecule has 0 unspecified atom stereocenters. The number of hydrogen-bond acceptors (Lipinski definition) is 1. The highest BCUT2D eigenvalue weighted by Crippen LogP contribution is 2.40. The molecule has 1 fully saturated rings. The molecule has 0 atom stereocenters. The third kappa shape index (κ3) is 4.55. The molecule has 0 saturated heterocycles. The van der Waals surface area contributed by atoms with Gasteiger partial charge in [0.15, 0.2) is 0 Å². The molecule has 1 aliphatic carbocycles. The summed E-state index contributed by atoms with van der Waals surface area (Å²) in [4.78, 5) is 0. The fourth-order valence-electron chi connectivity index (χ4n) is 3.04.